The SMILES string of the molecule is CCCC(C)C(S)S. The molecule has 0 heterocycles. The molecule has 0 nitrogen and oxygen atoms in total. The second kappa shape index (κ2) is 4.57. The lowest BCUT2D eigenvalue weighted by atomic mass is 10.1. The molecular weight excluding hydrogens is 136 g/mol. The lowest BCUT2D eigenvalue weighted by Gasteiger charge is -2.11. The first-order valence-corrected chi connectivity index (χ1v) is 4.08. The fraction of sp³-hybridized carbons (Fsp3) is 1.00. The molecular formula is C6H14S2. The van der Waals surface area contributed by atoms with Crippen molar-refractivity contribution in [3.63, 3.8) is 0 Å². The molecule has 0 saturated carbocycles. The van der Waals surface area contributed by atoms with Gasteiger partial charge in [-0.1, -0.05) is 20.3 Å². The summed E-state index contributed by atoms with van der Waals surface area (Å²) in [5.41, 5.74) is 0. The minimum absolute atomic E-state index is 0.259. The van der Waals surface area contributed by atoms with Gasteiger partial charge in [-0.25, -0.2) is 0 Å². The van der Waals surface area contributed by atoms with Crippen molar-refractivity contribution in [1.29, 1.82) is 0 Å². The fourth-order valence-corrected chi connectivity index (χ4v) is 0.903. The lowest BCUT2D eigenvalue weighted by Crippen LogP contribution is -2.02. The van der Waals surface area contributed by atoms with Crippen molar-refractivity contribution in [3.8, 4) is 0 Å². The van der Waals surface area contributed by atoms with Gasteiger partial charge < -0.3 is 0 Å². The van der Waals surface area contributed by atoms with Gasteiger partial charge in [0.2, 0.25) is 0 Å². The molecule has 0 amide bonds. The van der Waals surface area contributed by atoms with E-state index in [0.29, 0.717) is 5.92 Å². The summed E-state index contributed by atoms with van der Waals surface area (Å²) in [6.07, 6.45) is 2.47. The smallest absolute Gasteiger partial charge is 0.0467 e. The molecule has 0 spiro atoms. The van der Waals surface area contributed by atoms with E-state index in [9.17, 15) is 0 Å². The molecule has 1 unspecified atom stereocenters. The molecule has 0 aliphatic rings. The van der Waals surface area contributed by atoms with Crippen LogP contribution in [0.5, 0.6) is 0 Å². The zero-order valence-electron chi connectivity index (χ0n) is 5.46. The molecule has 1 atom stereocenters. The summed E-state index contributed by atoms with van der Waals surface area (Å²) in [6, 6.07) is 0. The van der Waals surface area contributed by atoms with Crippen LogP contribution in [0.3, 0.4) is 0 Å². The summed E-state index contributed by atoms with van der Waals surface area (Å²) in [5.74, 6) is 0.645. The molecule has 0 N–H and O–H groups in total. The third-order valence-electron chi connectivity index (χ3n) is 1.25. The predicted molar refractivity (Wildman–Crippen MR) is 45.8 cm³/mol. The third-order valence-corrected chi connectivity index (χ3v) is 2.27. The average Bonchev–Trinajstić information content (AvgIpc) is 1.67. The third kappa shape index (κ3) is 3.67. The molecule has 0 aromatic carbocycles. The molecule has 0 aromatic heterocycles. The molecule has 0 aromatic rings. The van der Waals surface area contributed by atoms with E-state index in [1.54, 1.807) is 0 Å². The standard InChI is InChI=1S/C6H14S2/c1-3-4-5(2)6(7)8/h5-8H,3-4H2,1-2H3. The van der Waals surface area contributed by atoms with Crippen LogP contribution in [0.1, 0.15) is 26.7 Å². The van der Waals surface area contributed by atoms with Crippen molar-refractivity contribution in [3.05, 3.63) is 0 Å². The van der Waals surface area contributed by atoms with Gasteiger partial charge in [-0.05, 0) is 12.3 Å². The highest BCUT2D eigenvalue weighted by atomic mass is 32.2. The summed E-state index contributed by atoms with van der Waals surface area (Å²) in [6.45, 7) is 4.36. The van der Waals surface area contributed by atoms with Gasteiger partial charge >= 0.3 is 0 Å². The van der Waals surface area contributed by atoms with Gasteiger partial charge in [0.05, 0.1) is 0 Å². The van der Waals surface area contributed by atoms with E-state index in [2.05, 4.69) is 39.1 Å². The summed E-state index contributed by atoms with van der Waals surface area (Å²) in [7, 11) is 0. The normalized spacial score (nSPS) is 14.6. The first-order chi connectivity index (χ1) is 3.68. The predicted octanol–water partition coefficient (Wildman–Crippen LogP) is 2.61. The van der Waals surface area contributed by atoms with E-state index < -0.39 is 0 Å². The van der Waals surface area contributed by atoms with Crippen molar-refractivity contribution < 1.29 is 0 Å². The van der Waals surface area contributed by atoms with Crippen molar-refractivity contribution in [2.45, 2.75) is 31.3 Å². The Balaban J connectivity index is 3.17. The molecule has 2 heteroatoms. The van der Waals surface area contributed by atoms with E-state index in [0.717, 1.165) is 0 Å². The highest BCUT2D eigenvalue weighted by molar-refractivity contribution is 7.99. The second-order valence-electron chi connectivity index (χ2n) is 2.18. The maximum Gasteiger partial charge on any atom is 0.0467 e. The molecule has 0 bridgehead atoms. The Morgan fingerprint density at radius 3 is 2.00 bits per heavy atom. The van der Waals surface area contributed by atoms with E-state index in [1.165, 1.54) is 12.8 Å². The average molecular weight is 150 g/mol. The minimum atomic E-state index is 0.259. The van der Waals surface area contributed by atoms with E-state index in [1.807, 2.05) is 0 Å². The Hall–Kier alpha value is 0.700. The maximum absolute atomic E-state index is 4.19. The van der Waals surface area contributed by atoms with Crippen LogP contribution in [0.15, 0.2) is 0 Å². The largest absolute Gasteiger partial charge is 0.165 e. The zero-order chi connectivity index (χ0) is 6.57. The van der Waals surface area contributed by atoms with Crippen LogP contribution in [0.25, 0.3) is 0 Å². The Morgan fingerprint density at radius 1 is 1.38 bits per heavy atom. The lowest BCUT2D eigenvalue weighted by molar-refractivity contribution is 0.570. The van der Waals surface area contributed by atoms with Gasteiger partial charge in [0.1, 0.15) is 0 Å². The van der Waals surface area contributed by atoms with Crippen molar-refractivity contribution in [1.82, 2.24) is 0 Å². The highest BCUT2D eigenvalue weighted by Gasteiger charge is 2.05. The second-order valence-corrected chi connectivity index (χ2v) is 3.70. The van der Waals surface area contributed by atoms with E-state index >= 15 is 0 Å². The maximum atomic E-state index is 4.19. The molecule has 0 fully saturated rings. The van der Waals surface area contributed by atoms with Gasteiger partial charge in [0, 0.05) is 4.58 Å². The number of rotatable bonds is 3. The Morgan fingerprint density at radius 2 is 1.88 bits per heavy atom. The van der Waals surface area contributed by atoms with Crippen LogP contribution in [0.2, 0.25) is 0 Å². The van der Waals surface area contributed by atoms with Gasteiger partial charge in [-0.15, -0.1) is 0 Å². The molecule has 0 aliphatic heterocycles. The van der Waals surface area contributed by atoms with Crippen LogP contribution >= 0.6 is 25.3 Å². The van der Waals surface area contributed by atoms with E-state index in [-0.39, 0.29) is 4.58 Å². The highest BCUT2D eigenvalue weighted by Crippen LogP contribution is 2.17. The topological polar surface area (TPSA) is 0 Å². The molecule has 0 saturated heterocycles. The van der Waals surface area contributed by atoms with Crippen molar-refractivity contribution >= 4 is 25.3 Å². The molecule has 50 valence electrons. The summed E-state index contributed by atoms with van der Waals surface area (Å²) in [4.78, 5) is 0. The Kier molecular flexibility index (Phi) is 4.97. The van der Waals surface area contributed by atoms with Gasteiger partial charge in [0.15, 0.2) is 0 Å². The fourth-order valence-electron chi connectivity index (χ4n) is 0.604. The molecule has 0 aliphatic carbocycles. The van der Waals surface area contributed by atoms with Crippen LogP contribution in [-0.4, -0.2) is 4.58 Å². The first kappa shape index (κ1) is 8.70. The van der Waals surface area contributed by atoms with Gasteiger partial charge in [-0.3, -0.25) is 0 Å². The van der Waals surface area contributed by atoms with Gasteiger partial charge in [-0.2, -0.15) is 25.3 Å². The first-order valence-electron chi connectivity index (χ1n) is 3.04. The summed E-state index contributed by atoms with van der Waals surface area (Å²) >= 11 is 8.38. The number of hydrogen-bond acceptors (Lipinski definition) is 2. The van der Waals surface area contributed by atoms with Crippen molar-refractivity contribution in [2.24, 2.45) is 5.92 Å². The monoisotopic (exact) mass is 150 g/mol. The summed E-state index contributed by atoms with van der Waals surface area (Å²) in [5, 5.41) is 0. The minimum Gasteiger partial charge on any atom is -0.165 e. The molecule has 0 radical (unpaired) electrons. The van der Waals surface area contributed by atoms with Crippen LogP contribution in [-0.2, 0) is 0 Å². The van der Waals surface area contributed by atoms with Crippen LogP contribution in [0, 0.1) is 5.92 Å². The van der Waals surface area contributed by atoms with Crippen LogP contribution in [0.4, 0.5) is 0 Å². The quantitative estimate of drug-likeness (QED) is 0.448. The Labute approximate surface area is 62.9 Å². The molecule has 0 rings (SSSR count). The number of thiol groups is 2. The number of hydrogen-bond donors (Lipinski definition) is 2. The molecule has 8 heavy (non-hydrogen) atoms. The van der Waals surface area contributed by atoms with Gasteiger partial charge in [0.25, 0.3) is 0 Å². The summed E-state index contributed by atoms with van der Waals surface area (Å²) < 4.78 is 0.259. The zero-order valence-corrected chi connectivity index (χ0v) is 7.25. The van der Waals surface area contributed by atoms with E-state index in [4.69, 9.17) is 0 Å². The van der Waals surface area contributed by atoms with Crippen molar-refractivity contribution in [2.75, 3.05) is 0 Å². The van der Waals surface area contributed by atoms with Crippen LogP contribution < -0.4 is 0 Å². The Bertz CT molecular complexity index is 52.5.